The van der Waals surface area contributed by atoms with Crippen LogP contribution in [-0.2, 0) is 6.42 Å². The molecule has 0 unspecified atom stereocenters. The monoisotopic (exact) mass is 400 g/mol. The van der Waals surface area contributed by atoms with Gasteiger partial charge in [0, 0.05) is 22.5 Å². The van der Waals surface area contributed by atoms with Crippen LogP contribution >= 0.6 is 11.6 Å². The molecule has 4 rings (SSSR count). The molecule has 1 amide bonds. The van der Waals surface area contributed by atoms with Gasteiger partial charge in [0.1, 0.15) is 0 Å². The van der Waals surface area contributed by atoms with E-state index in [1.165, 1.54) is 0 Å². The second-order valence-electron chi connectivity index (χ2n) is 6.98. The number of benzene rings is 3. The molecule has 0 radical (unpaired) electrons. The zero-order valence-corrected chi connectivity index (χ0v) is 16.9. The van der Waals surface area contributed by atoms with E-state index in [4.69, 9.17) is 16.6 Å². The average Bonchev–Trinajstić information content (AvgIpc) is 2.74. The number of nitrogens with zero attached hydrogens (tertiary/aromatic N) is 1. The maximum atomic E-state index is 13.2. The Morgan fingerprint density at radius 3 is 2.52 bits per heavy atom. The second kappa shape index (κ2) is 8.46. The first-order valence-electron chi connectivity index (χ1n) is 9.61. The fraction of sp³-hybridized carbons (Fsp3) is 0.120. The third-order valence-electron chi connectivity index (χ3n) is 5.00. The van der Waals surface area contributed by atoms with Crippen molar-refractivity contribution in [2.45, 2.75) is 13.3 Å². The van der Waals surface area contributed by atoms with E-state index in [2.05, 4.69) is 5.32 Å². The predicted molar refractivity (Wildman–Crippen MR) is 119 cm³/mol. The van der Waals surface area contributed by atoms with Crippen LogP contribution in [0.4, 0.5) is 0 Å². The number of carbonyl (C=O) groups is 1. The van der Waals surface area contributed by atoms with Crippen molar-refractivity contribution in [3.8, 4) is 11.3 Å². The van der Waals surface area contributed by atoms with Crippen LogP contribution in [0.3, 0.4) is 0 Å². The molecule has 3 aromatic carbocycles. The molecule has 1 heterocycles. The lowest BCUT2D eigenvalue weighted by atomic mass is 9.97. The highest BCUT2D eigenvalue weighted by Crippen LogP contribution is 2.29. The average molecular weight is 401 g/mol. The number of amides is 1. The fourth-order valence-electron chi connectivity index (χ4n) is 3.58. The molecule has 144 valence electrons. The molecule has 0 aliphatic carbocycles. The molecule has 0 aliphatic rings. The van der Waals surface area contributed by atoms with Crippen LogP contribution in [0.1, 0.15) is 21.5 Å². The topological polar surface area (TPSA) is 42.0 Å². The van der Waals surface area contributed by atoms with Gasteiger partial charge in [0.15, 0.2) is 0 Å². The summed E-state index contributed by atoms with van der Waals surface area (Å²) >= 11 is 6.05. The highest BCUT2D eigenvalue weighted by Gasteiger charge is 2.18. The molecule has 29 heavy (non-hydrogen) atoms. The molecule has 1 aromatic heterocycles. The molecule has 0 aliphatic heterocycles. The SMILES string of the molecule is Cc1c(-c2ccccc2)nc2ccccc2c1C(=O)NCCc1cccc(Cl)c1. The summed E-state index contributed by atoms with van der Waals surface area (Å²) in [4.78, 5) is 18.0. The van der Waals surface area contributed by atoms with Gasteiger partial charge < -0.3 is 5.32 Å². The summed E-state index contributed by atoms with van der Waals surface area (Å²) in [5, 5.41) is 4.64. The van der Waals surface area contributed by atoms with E-state index in [1.807, 2.05) is 85.8 Å². The number of aromatic nitrogens is 1. The van der Waals surface area contributed by atoms with Crippen molar-refractivity contribution in [2.75, 3.05) is 6.54 Å². The third-order valence-corrected chi connectivity index (χ3v) is 5.23. The van der Waals surface area contributed by atoms with Crippen molar-refractivity contribution in [2.24, 2.45) is 0 Å². The third kappa shape index (κ3) is 4.15. The summed E-state index contributed by atoms with van der Waals surface area (Å²) in [6, 6.07) is 25.5. The van der Waals surface area contributed by atoms with Crippen LogP contribution < -0.4 is 5.32 Å². The summed E-state index contributed by atoms with van der Waals surface area (Å²) < 4.78 is 0. The molecule has 4 aromatic rings. The van der Waals surface area contributed by atoms with E-state index >= 15 is 0 Å². The zero-order chi connectivity index (χ0) is 20.2. The molecule has 1 N–H and O–H groups in total. The Bertz CT molecular complexity index is 1170. The quantitative estimate of drug-likeness (QED) is 0.457. The van der Waals surface area contributed by atoms with Gasteiger partial charge in [-0.05, 0) is 42.7 Å². The predicted octanol–water partition coefficient (Wildman–Crippen LogP) is 5.84. The van der Waals surface area contributed by atoms with Gasteiger partial charge >= 0.3 is 0 Å². The normalized spacial score (nSPS) is 10.8. The molecule has 0 saturated carbocycles. The maximum absolute atomic E-state index is 13.2. The molecule has 0 saturated heterocycles. The van der Waals surface area contributed by atoms with Crippen LogP contribution in [0, 0.1) is 6.92 Å². The Balaban J connectivity index is 1.66. The minimum Gasteiger partial charge on any atom is -0.352 e. The van der Waals surface area contributed by atoms with Gasteiger partial charge in [-0.3, -0.25) is 4.79 Å². The minimum absolute atomic E-state index is 0.0830. The highest BCUT2D eigenvalue weighted by atomic mass is 35.5. The molecular formula is C25H21ClN2O. The van der Waals surface area contributed by atoms with E-state index in [9.17, 15) is 4.79 Å². The first-order valence-corrected chi connectivity index (χ1v) is 9.98. The molecule has 0 spiro atoms. The van der Waals surface area contributed by atoms with E-state index in [1.54, 1.807) is 0 Å². The van der Waals surface area contributed by atoms with Gasteiger partial charge in [-0.1, -0.05) is 72.3 Å². The fourth-order valence-corrected chi connectivity index (χ4v) is 3.79. The first kappa shape index (κ1) is 19.2. The van der Waals surface area contributed by atoms with E-state index in [0.29, 0.717) is 17.1 Å². The zero-order valence-electron chi connectivity index (χ0n) is 16.2. The summed E-state index contributed by atoms with van der Waals surface area (Å²) in [5.74, 6) is -0.0830. The van der Waals surface area contributed by atoms with Gasteiger partial charge in [-0.15, -0.1) is 0 Å². The summed E-state index contributed by atoms with van der Waals surface area (Å²) in [6.07, 6.45) is 0.722. The summed E-state index contributed by atoms with van der Waals surface area (Å²) in [5.41, 5.74) is 5.32. The summed E-state index contributed by atoms with van der Waals surface area (Å²) in [6.45, 7) is 2.50. The Labute approximate surface area is 175 Å². The van der Waals surface area contributed by atoms with Gasteiger partial charge in [0.05, 0.1) is 16.8 Å². The van der Waals surface area contributed by atoms with E-state index in [0.717, 1.165) is 39.7 Å². The van der Waals surface area contributed by atoms with Crippen LogP contribution in [-0.4, -0.2) is 17.4 Å². The number of pyridine rings is 1. The smallest absolute Gasteiger partial charge is 0.252 e. The van der Waals surface area contributed by atoms with Crippen molar-refractivity contribution in [3.63, 3.8) is 0 Å². The molecule has 0 fully saturated rings. The molecular weight excluding hydrogens is 380 g/mol. The molecule has 3 nitrogen and oxygen atoms in total. The molecule has 0 atom stereocenters. The number of para-hydroxylation sites is 1. The lowest BCUT2D eigenvalue weighted by molar-refractivity contribution is 0.0955. The van der Waals surface area contributed by atoms with Crippen LogP contribution in [0.25, 0.3) is 22.2 Å². The molecule has 4 heteroatoms. The number of rotatable bonds is 5. The van der Waals surface area contributed by atoms with Crippen molar-refractivity contribution < 1.29 is 4.79 Å². The van der Waals surface area contributed by atoms with Gasteiger partial charge in [-0.25, -0.2) is 4.98 Å². The van der Waals surface area contributed by atoms with Crippen molar-refractivity contribution in [3.05, 3.63) is 101 Å². The Hall–Kier alpha value is -3.17. The second-order valence-corrected chi connectivity index (χ2v) is 7.42. The number of hydrogen-bond acceptors (Lipinski definition) is 2. The van der Waals surface area contributed by atoms with Crippen LogP contribution in [0.15, 0.2) is 78.9 Å². The number of fused-ring (bicyclic) bond motifs is 1. The number of hydrogen-bond donors (Lipinski definition) is 1. The van der Waals surface area contributed by atoms with Crippen LogP contribution in [0.2, 0.25) is 5.02 Å². The van der Waals surface area contributed by atoms with Gasteiger partial charge in [-0.2, -0.15) is 0 Å². The summed E-state index contributed by atoms with van der Waals surface area (Å²) in [7, 11) is 0. The maximum Gasteiger partial charge on any atom is 0.252 e. The Morgan fingerprint density at radius 2 is 1.72 bits per heavy atom. The van der Waals surface area contributed by atoms with Crippen molar-refractivity contribution in [1.82, 2.24) is 10.3 Å². The highest BCUT2D eigenvalue weighted by molar-refractivity contribution is 6.30. The van der Waals surface area contributed by atoms with Crippen molar-refractivity contribution >= 4 is 28.4 Å². The largest absolute Gasteiger partial charge is 0.352 e. The lowest BCUT2D eigenvalue weighted by Gasteiger charge is -2.15. The Kier molecular flexibility index (Phi) is 5.59. The van der Waals surface area contributed by atoms with Crippen LogP contribution in [0.5, 0.6) is 0 Å². The number of nitrogens with one attached hydrogen (secondary N) is 1. The van der Waals surface area contributed by atoms with Gasteiger partial charge in [0.25, 0.3) is 5.91 Å². The standard InChI is InChI=1S/C25H21ClN2O/c1-17-23(25(29)27-15-14-18-8-7-11-20(26)16-18)21-12-5-6-13-22(21)28-24(17)19-9-3-2-4-10-19/h2-13,16H,14-15H2,1H3,(H,27,29). The van der Waals surface area contributed by atoms with Crippen molar-refractivity contribution in [1.29, 1.82) is 0 Å². The van der Waals surface area contributed by atoms with E-state index in [-0.39, 0.29) is 5.91 Å². The van der Waals surface area contributed by atoms with E-state index < -0.39 is 0 Å². The number of halogens is 1. The Morgan fingerprint density at radius 1 is 0.966 bits per heavy atom. The minimum atomic E-state index is -0.0830. The van der Waals surface area contributed by atoms with Gasteiger partial charge in [0.2, 0.25) is 0 Å². The lowest BCUT2D eigenvalue weighted by Crippen LogP contribution is -2.27. The first-order chi connectivity index (χ1) is 14.1. The number of carbonyl (C=O) groups excluding carboxylic acids is 1. The molecule has 0 bridgehead atoms.